The molecule has 1 aromatic rings. The van der Waals surface area contributed by atoms with E-state index in [1.54, 1.807) is 0 Å². The van der Waals surface area contributed by atoms with Crippen molar-refractivity contribution < 1.29 is 0 Å². The molecule has 4 heteroatoms. The second kappa shape index (κ2) is 9.50. The molecule has 0 bridgehead atoms. The summed E-state index contributed by atoms with van der Waals surface area (Å²) in [5.74, 6) is 1.26. The second-order valence-corrected chi connectivity index (χ2v) is 9.54. The number of thiophene rings is 1. The number of rotatable bonds is 8. The first-order chi connectivity index (χ1) is 9.78. The van der Waals surface area contributed by atoms with Crippen LogP contribution in [0.5, 0.6) is 0 Å². The molecule has 0 amide bonds. The number of halogens is 1. The third kappa shape index (κ3) is 6.08. The number of nitrogens with one attached hydrogen (secondary N) is 1. The number of thioether (sulfide) groups is 1. The highest BCUT2D eigenvalue weighted by Gasteiger charge is 2.17. The van der Waals surface area contributed by atoms with Crippen LogP contribution in [0, 0.1) is 0 Å². The molecule has 0 spiro atoms. The highest BCUT2D eigenvalue weighted by Crippen LogP contribution is 2.29. The van der Waals surface area contributed by atoms with Gasteiger partial charge in [-0.2, -0.15) is 11.8 Å². The average Bonchev–Trinajstić information content (AvgIpc) is 2.88. The van der Waals surface area contributed by atoms with Crippen LogP contribution >= 0.6 is 39.0 Å². The van der Waals surface area contributed by atoms with E-state index in [1.165, 1.54) is 59.4 Å². The minimum absolute atomic E-state index is 0.632. The number of hydrogen-bond donors (Lipinski definition) is 1. The van der Waals surface area contributed by atoms with Gasteiger partial charge in [0.25, 0.3) is 0 Å². The van der Waals surface area contributed by atoms with Crippen LogP contribution in [0.3, 0.4) is 0 Å². The van der Waals surface area contributed by atoms with Crippen LogP contribution in [0.25, 0.3) is 0 Å². The minimum atomic E-state index is 0.632. The van der Waals surface area contributed by atoms with Crippen molar-refractivity contribution in [3.05, 3.63) is 20.8 Å². The Labute approximate surface area is 140 Å². The molecule has 1 fully saturated rings. The van der Waals surface area contributed by atoms with Gasteiger partial charge in [0.2, 0.25) is 0 Å². The molecule has 0 radical (unpaired) electrons. The first-order valence-corrected chi connectivity index (χ1v) is 10.5. The lowest BCUT2D eigenvalue weighted by atomic mass is 10.0. The summed E-state index contributed by atoms with van der Waals surface area (Å²) in [5, 5.41) is 4.66. The maximum atomic E-state index is 3.74. The Morgan fingerprint density at radius 1 is 1.35 bits per heavy atom. The molecule has 1 saturated carbocycles. The van der Waals surface area contributed by atoms with Gasteiger partial charge in [-0.1, -0.05) is 26.2 Å². The lowest BCUT2D eigenvalue weighted by Crippen LogP contribution is -2.34. The molecule has 1 nitrogen and oxygen atoms in total. The maximum Gasteiger partial charge on any atom is 0.0701 e. The van der Waals surface area contributed by atoms with E-state index in [9.17, 15) is 0 Å². The molecule has 1 atom stereocenters. The molecular weight excluding hydrogens is 350 g/mol. The Kier molecular flexibility index (Phi) is 8.00. The topological polar surface area (TPSA) is 12.0 Å². The molecule has 1 unspecified atom stereocenters. The number of hydrogen-bond acceptors (Lipinski definition) is 3. The van der Waals surface area contributed by atoms with Crippen molar-refractivity contribution in [2.75, 3.05) is 12.3 Å². The zero-order chi connectivity index (χ0) is 14.2. The van der Waals surface area contributed by atoms with Crippen LogP contribution in [-0.4, -0.2) is 23.6 Å². The molecule has 1 aromatic heterocycles. The average molecular weight is 376 g/mol. The molecule has 0 aromatic carbocycles. The van der Waals surface area contributed by atoms with Gasteiger partial charge in [-0.15, -0.1) is 11.3 Å². The van der Waals surface area contributed by atoms with Gasteiger partial charge in [0.15, 0.2) is 0 Å². The van der Waals surface area contributed by atoms with Gasteiger partial charge in [0.05, 0.1) is 3.79 Å². The van der Waals surface area contributed by atoms with E-state index in [0.717, 1.165) is 11.8 Å². The van der Waals surface area contributed by atoms with Crippen LogP contribution < -0.4 is 5.32 Å². The van der Waals surface area contributed by atoms with E-state index in [2.05, 4.69) is 52.1 Å². The van der Waals surface area contributed by atoms with Gasteiger partial charge in [-0.05, 0) is 60.3 Å². The van der Waals surface area contributed by atoms with Gasteiger partial charge in [0.1, 0.15) is 0 Å². The lowest BCUT2D eigenvalue weighted by molar-refractivity contribution is 0.512. The predicted octanol–water partition coefficient (Wildman–Crippen LogP) is 5.49. The van der Waals surface area contributed by atoms with E-state index in [1.807, 2.05) is 11.3 Å². The minimum Gasteiger partial charge on any atom is -0.313 e. The van der Waals surface area contributed by atoms with Gasteiger partial charge in [-0.3, -0.25) is 0 Å². The van der Waals surface area contributed by atoms with Crippen LogP contribution in [0.2, 0.25) is 0 Å². The van der Waals surface area contributed by atoms with E-state index in [-0.39, 0.29) is 0 Å². The summed E-state index contributed by atoms with van der Waals surface area (Å²) in [5.41, 5.74) is 0. The Hall–Kier alpha value is 0.490. The molecule has 1 aliphatic carbocycles. The quantitative estimate of drug-likeness (QED) is 0.644. The Morgan fingerprint density at radius 2 is 2.15 bits per heavy atom. The van der Waals surface area contributed by atoms with Crippen molar-refractivity contribution in [2.24, 2.45) is 0 Å². The molecule has 0 aliphatic heterocycles. The van der Waals surface area contributed by atoms with Crippen LogP contribution in [0.15, 0.2) is 15.9 Å². The SMILES string of the molecule is CCCNC(CSC1CCCCC1)Cc1ccc(Br)s1. The van der Waals surface area contributed by atoms with Crippen LogP contribution in [0.4, 0.5) is 0 Å². The summed E-state index contributed by atoms with van der Waals surface area (Å²) in [7, 11) is 0. The van der Waals surface area contributed by atoms with Crippen molar-refractivity contribution in [2.45, 2.75) is 63.2 Å². The van der Waals surface area contributed by atoms with Crippen molar-refractivity contribution in [3.8, 4) is 0 Å². The summed E-state index contributed by atoms with van der Waals surface area (Å²) in [4.78, 5) is 1.50. The largest absolute Gasteiger partial charge is 0.313 e. The lowest BCUT2D eigenvalue weighted by Gasteiger charge is -2.24. The van der Waals surface area contributed by atoms with E-state index >= 15 is 0 Å². The highest BCUT2D eigenvalue weighted by molar-refractivity contribution is 9.11. The van der Waals surface area contributed by atoms with Gasteiger partial charge in [-0.25, -0.2) is 0 Å². The Balaban J connectivity index is 1.79. The zero-order valence-corrected chi connectivity index (χ0v) is 15.6. The fourth-order valence-corrected chi connectivity index (χ4v) is 5.70. The van der Waals surface area contributed by atoms with Crippen molar-refractivity contribution in [1.82, 2.24) is 5.32 Å². The van der Waals surface area contributed by atoms with E-state index in [0.29, 0.717) is 6.04 Å². The Morgan fingerprint density at radius 3 is 2.80 bits per heavy atom. The summed E-state index contributed by atoms with van der Waals surface area (Å²) >= 11 is 7.66. The predicted molar refractivity (Wildman–Crippen MR) is 97.1 cm³/mol. The van der Waals surface area contributed by atoms with Gasteiger partial charge < -0.3 is 5.32 Å². The van der Waals surface area contributed by atoms with Crippen molar-refractivity contribution in [1.29, 1.82) is 0 Å². The summed E-state index contributed by atoms with van der Waals surface area (Å²) in [6, 6.07) is 5.07. The van der Waals surface area contributed by atoms with Gasteiger partial charge >= 0.3 is 0 Å². The van der Waals surface area contributed by atoms with Crippen molar-refractivity contribution >= 4 is 39.0 Å². The molecule has 2 rings (SSSR count). The van der Waals surface area contributed by atoms with E-state index < -0.39 is 0 Å². The Bertz CT molecular complexity index is 374. The highest BCUT2D eigenvalue weighted by atomic mass is 79.9. The monoisotopic (exact) mass is 375 g/mol. The van der Waals surface area contributed by atoms with E-state index in [4.69, 9.17) is 0 Å². The fraction of sp³-hybridized carbons (Fsp3) is 0.750. The molecule has 0 saturated heterocycles. The first kappa shape index (κ1) is 16.9. The molecular formula is C16H26BrNS2. The fourth-order valence-electron chi connectivity index (χ4n) is 2.73. The summed E-state index contributed by atoms with van der Waals surface area (Å²) in [6.45, 7) is 3.39. The molecule has 1 heterocycles. The molecule has 114 valence electrons. The van der Waals surface area contributed by atoms with Crippen molar-refractivity contribution in [3.63, 3.8) is 0 Å². The zero-order valence-electron chi connectivity index (χ0n) is 12.4. The van der Waals surface area contributed by atoms with Crippen LogP contribution in [-0.2, 0) is 6.42 Å². The molecule has 1 N–H and O–H groups in total. The smallest absolute Gasteiger partial charge is 0.0701 e. The molecule has 1 aliphatic rings. The van der Waals surface area contributed by atoms with Gasteiger partial charge in [0, 0.05) is 21.9 Å². The third-order valence-electron chi connectivity index (χ3n) is 3.84. The normalized spacial score (nSPS) is 18.3. The second-order valence-electron chi connectivity index (χ2n) is 5.65. The summed E-state index contributed by atoms with van der Waals surface area (Å²) < 4.78 is 1.25. The third-order valence-corrected chi connectivity index (χ3v) is 7.03. The standard InChI is InChI=1S/C16H26BrNS2/c1-2-10-18-13(11-15-8-9-16(17)20-15)12-19-14-6-4-3-5-7-14/h8-9,13-14,18H,2-7,10-12H2,1H3. The molecule has 20 heavy (non-hydrogen) atoms. The maximum absolute atomic E-state index is 3.74. The first-order valence-electron chi connectivity index (χ1n) is 7.87. The van der Waals surface area contributed by atoms with Crippen LogP contribution in [0.1, 0.15) is 50.3 Å². The summed E-state index contributed by atoms with van der Waals surface area (Å²) in [6.07, 6.45) is 9.63.